The first-order chi connectivity index (χ1) is 11.5. The van der Waals surface area contributed by atoms with E-state index < -0.39 is 5.78 Å². The summed E-state index contributed by atoms with van der Waals surface area (Å²) in [5, 5.41) is 9.80. The van der Waals surface area contributed by atoms with Gasteiger partial charge >= 0.3 is 0 Å². The summed E-state index contributed by atoms with van der Waals surface area (Å²) in [5.41, 5.74) is 0.462. The Hall–Kier alpha value is -2.76. The minimum Gasteiger partial charge on any atom is -0.511 e. The van der Waals surface area contributed by atoms with Crippen LogP contribution in [0.4, 0.5) is 0 Å². The number of allylic oxidation sites excluding steroid dienone is 3. The zero-order valence-corrected chi connectivity index (χ0v) is 13.9. The van der Waals surface area contributed by atoms with Crippen LogP contribution < -0.4 is 14.2 Å². The predicted octanol–water partition coefficient (Wildman–Crippen LogP) is 2.86. The van der Waals surface area contributed by atoms with Gasteiger partial charge in [0, 0.05) is 18.4 Å². The number of methoxy groups -OCH3 is 3. The zero-order valence-electron chi connectivity index (χ0n) is 13.9. The summed E-state index contributed by atoms with van der Waals surface area (Å²) < 4.78 is 15.8. The molecule has 0 amide bonds. The second-order valence-corrected chi connectivity index (χ2v) is 5.22. The van der Waals surface area contributed by atoms with E-state index in [4.69, 9.17) is 14.2 Å². The molecular formula is C18H20O6. The molecule has 0 aliphatic heterocycles. The average molecular weight is 332 g/mol. The Morgan fingerprint density at radius 3 is 2.38 bits per heavy atom. The smallest absolute Gasteiger partial charge is 0.203 e. The molecule has 1 aliphatic rings. The van der Waals surface area contributed by atoms with Crippen LogP contribution in [0, 0.1) is 0 Å². The minimum atomic E-state index is -0.519. The maximum atomic E-state index is 12.2. The number of rotatable bonds is 6. The monoisotopic (exact) mass is 332 g/mol. The molecule has 0 bridgehead atoms. The van der Waals surface area contributed by atoms with Gasteiger partial charge < -0.3 is 19.3 Å². The third kappa shape index (κ3) is 3.42. The Labute approximate surface area is 140 Å². The van der Waals surface area contributed by atoms with Crippen molar-refractivity contribution in [2.24, 2.45) is 0 Å². The Morgan fingerprint density at radius 2 is 1.79 bits per heavy atom. The van der Waals surface area contributed by atoms with Crippen LogP contribution >= 0.6 is 0 Å². The number of Topliss-reactive ketones (excluding diaryl/α,β-unsaturated/α-hetero) is 1. The predicted molar refractivity (Wildman–Crippen MR) is 88.7 cm³/mol. The molecule has 0 saturated carbocycles. The largest absolute Gasteiger partial charge is 0.511 e. The van der Waals surface area contributed by atoms with Crippen molar-refractivity contribution in [2.45, 2.75) is 19.3 Å². The Kier molecular flexibility index (Phi) is 5.63. The van der Waals surface area contributed by atoms with Crippen molar-refractivity contribution in [3.8, 4) is 17.2 Å². The summed E-state index contributed by atoms with van der Waals surface area (Å²) in [4.78, 5) is 24.1. The van der Waals surface area contributed by atoms with Gasteiger partial charge in [-0.1, -0.05) is 0 Å². The number of ether oxygens (including phenoxy) is 3. The molecule has 0 unspecified atom stereocenters. The lowest BCUT2D eigenvalue weighted by molar-refractivity contribution is -0.120. The van der Waals surface area contributed by atoms with Crippen LogP contribution in [0.15, 0.2) is 29.5 Å². The fourth-order valence-electron chi connectivity index (χ4n) is 2.61. The number of aliphatic hydroxyl groups is 1. The number of hydrogen-bond acceptors (Lipinski definition) is 6. The van der Waals surface area contributed by atoms with Crippen molar-refractivity contribution in [2.75, 3.05) is 21.3 Å². The molecule has 0 spiro atoms. The van der Waals surface area contributed by atoms with Gasteiger partial charge in [0.1, 0.15) is 11.3 Å². The Bertz CT molecular complexity index is 714. The lowest BCUT2D eigenvalue weighted by atomic mass is 9.93. The molecule has 128 valence electrons. The standard InChI is InChI=1S/C18H20O6/c1-22-15-10-8-11(17(23-2)18(15)24-3)7-9-14(21)16-12(19)5-4-6-13(16)20/h7-10,19H,4-6H2,1-3H3. The van der Waals surface area contributed by atoms with Gasteiger partial charge in [-0.3, -0.25) is 9.59 Å². The first kappa shape index (κ1) is 17.6. The molecular weight excluding hydrogens is 312 g/mol. The van der Waals surface area contributed by atoms with Crippen molar-refractivity contribution >= 4 is 17.6 Å². The summed E-state index contributed by atoms with van der Waals surface area (Å²) in [6.07, 6.45) is 3.96. The van der Waals surface area contributed by atoms with Crippen molar-refractivity contribution in [3.63, 3.8) is 0 Å². The van der Waals surface area contributed by atoms with Gasteiger partial charge in [0.2, 0.25) is 5.75 Å². The third-order valence-corrected chi connectivity index (χ3v) is 3.78. The first-order valence-electron chi connectivity index (χ1n) is 7.50. The van der Waals surface area contributed by atoms with Crippen LogP contribution in [0.5, 0.6) is 17.2 Å². The summed E-state index contributed by atoms with van der Waals surface area (Å²) in [7, 11) is 4.48. The maximum Gasteiger partial charge on any atom is 0.203 e. The number of benzene rings is 1. The fourth-order valence-corrected chi connectivity index (χ4v) is 2.61. The molecule has 0 aromatic heterocycles. The highest BCUT2D eigenvalue weighted by Gasteiger charge is 2.25. The van der Waals surface area contributed by atoms with E-state index in [9.17, 15) is 14.7 Å². The van der Waals surface area contributed by atoms with Crippen LogP contribution in [-0.2, 0) is 9.59 Å². The highest BCUT2D eigenvalue weighted by atomic mass is 16.5. The molecule has 1 aromatic carbocycles. The van der Waals surface area contributed by atoms with Crippen molar-refractivity contribution in [3.05, 3.63) is 35.1 Å². The molecule has 0 fully saturated rings. The average Bonchev–Trinajstić information content (AvgIpc) is 2.58. The van der Waals surface area contributed by atoms with Gasteiger partial charge in [-0.15, -0.1) is 0 Å². The van der Waals surface area contributed by atoms with Gasteiger partial charge in [0.05, 0.1) is 21.3 Å². The maximum absolute atomic E-state index is 12.2. The van der Waals surface area contributed by atoms with Gasteiger partial charge in [-0.2, -0.15) is 0 Å². The minimum absolute atomic E-state index is 0.128. The van der Waals surface area contributed by atoms with Crippen molar-refractivity contribution in [1.82, 2.24) is 0 Å². The van der Waals surface area contributed by atoms with Crippen LogP contribution in [0.25, 0.3) is 6.08 Å². The lowest BCUT2D eigenvalue weighted by Gasteiger charge is -2.14. The molecule has 2 rings (SSSR count). The van der Waals surface area contributed by atoms with E-state index in [1.165, 1.54) is 33.5 Å². The van der Waals surface area contributed by atoms with Crippen LogP contribution in [0.3, 0.4) is 0 Å². The summed E-state index contributed by atoms with van der Waals surface area (Å²) in [5.74, 6) is 0.335. The second kappa shape index (κ2) is 7.68. The topological polar surface area (TPSA) is 82.1 Å². The SMILES string of the molecule is COc1ccc(C=CC(=O)C2=C(O)CCCC2=O)c(OC)c1OC. The third-order valence-electron chi connectivity index (χ3n) is 3.78. The van der Waals surface area contributed by atoms with E-state index in [-0.39, 0.29) is 23.5 Å². The van der Waals surface area contributed by atoms with Crippen LogP contribution in [0.2, 0.25) is 0 Å². The van der Waals surface area contributed by atoms with E-state index in [2.05, 4.69) is 0 Å². The number of hydrogen-bond donors (Lipinski definition) is 1. The number of carbonyl (C=O) groups is 2. The summed E-state index contributed by atoms with van der Waals surface area (Å²) in [6.45, 7) is 0. The van der Waals surface area contributed by atoms with Crippen LogP contribution in [-0.4, -0.2) is 38.0 Å². The first-order valence-corrected chi connectivity index (χ1v) is 7.50. The molecule has 0 saturated heterocycles. The second-order valence-electron chi connectivity index (χ2n) is 5.22. The zero-order chi connectivity index (χ0) is 17.7. The van der Waals surface area contributed by atoms with Gasteiger partial charge in [0.15, 0.2) is 23.1 Å². The molecule has 1 N–H and O–H groups in total. The molecule has 6 heteroatoms. The fraction of sp³-hybridized carbons (Fsp3) is 0.333. The molecule has 24 heavy (non-hydrogen) atoms. The van der Waals surface area contributed by atoms with E-state index in [0.717, 1.165) is 0 Å². The molecule has 1 aromatic rings. The Morgan fingerprint density at radius 1 is 1.08 bits per heavy atom. The van der Waals surface area contributed by atoms with E-state index in [1.54, 1.807) is 12.1 Å². The van der Waals surface area contributed by atoms with Crippen molar-refractivity contribution < 1.29 is 28.9 Å². The number of aliphatic hydroxyl groups excluding tert-OH is 1. The van der Waals surface area contributed by atoms with E-state index in [1.807, 2.05) is 0 Å². The summed E-state index contributed by atoms with van der Waals surface area (Å²) in [6, 6.07) is 3.40. The summed E-state index contributed by atoms with van der Waals surface area (Å²) >= 11 is 0. The molecule has 0 radical (unpaired) electrons. The van der Waals surface area contributed by atoms with Crippen molar-refractivity contribution in [1.29, 1.82) is 0 Å². The highest BCUT2D eigenvalue weighted by Crippen LogP contribution is 2.40. The normalized spacial score (nSPS) is 14.9. The molecule has 1 aliphatic carbocycles. The van der Waals surface area contributed by atoms with Gasteiger partial charge in [0.25, 0.3) is 0 Å². The number of ketones is 2. The lowest BCUT2D eigenvalue weighted by Crippen LogP contribution is -2.17. The molecule has 0 heterocycles. The number of carbonyl (C=O) groups excluding carboxylic acids is 2. The molecule has 0 atom stereocenters. The van der Waals surface area contributed by atoms with E-state index in [0.29, 0.717) is 35.7 Å². The van der Waals surface area contributed by atoms with Crippen LogP contribution in [0.1, 0.15) is 24.8 Å². The van der Waals surface area contributed by atoms with Gasteiger partial charge in [-0.05, 0) is 30.7 Å². The Balaban J connectivity index is 2.35. The molecule has 6 nitrogen and oxygen atoms in total. The quantitative estimate of drug-likeness (QED) is 0.637. The van der Waals surface area contributed by atoms with Gasteiger partial charge in [-0.25, -0.2) is 0 Å². The van der Waals surface area contributed by atoms with E-state index >= 15 is 0 Å². The highest BCUT2D eigenvalue weighted by molar-refractivity contribution is 6.25.